The van der Waals surface area contributed by atoms with Gasteiger partial charge in [0.1, 0.15) is 0 Å². The lowest BCUT2D eigenvalue weighted by molar-refractivity contribution is 0.777. The summed E-state index contributed by atoms with van der Waals surface area (Å²) >= 11 is 14.9. The third-order valence-corrected chi connectivity index (χ3v) is 5.92. The van der Waals surface area contributed by atoms with E-state index >= 15 is 0 Å². The van der Waals surface area contributed by atoms with Gasteiger partial charge in [-0.3, -0.25) is 0 Å². The molecule has 0 saturated heterocycles. The molecule has 0 fully saturated rings. The zero-order chi connectivity index (χ0) is 8.04. The van der Waals surface area contributed by atoms with E-state index in [4.69, 9.17) is 0 Å². The number of hydrogen-bond donors (Lipinski definition) is 1. The number of thiol groups is 1. The second-order valence-electron chi connectivity index (χ2n) is 2.15. The van der Waals surface area contributed by atoms with E-state index in [1.807, 2.05) is 0 Å². The van der Waals surface area contributed by atoms with Gasteiger partial charge in [-0.2, -0.15) is 12.6 Å². The molecule has 0 aliphatic carbocycles. The van der Waals surface area contributed by atoms with Crippen LogP contribution in [0.2, 0.25) is 6.04 Å². The summed E-state index contributed by atoms with van der Waals surface area (Å²) in [4.78, 5) is 0. The highest BCUT2D eigenvalue weighted by Crippen LogP contribution is 2.33. The van der Waals surface area contributed by atoms with Crippen molar-refractivity contribution in [1.29, 1.82) is 0 Å². The molecule has 0 bridgehead atoms. The van der Waals surface area contributed by atoms with Gasteiger partial charge in [-0.1, -0.05) is 58.7 Å². The Hall–Kier alpha value is 2.01. The summed E-state index contributed by atoms with van der Waals surface area (Å²) < 4.78 is -1.29. The van der Waals surface area contributed by atoms with Gasteiger partial charge in [0, 0.05) is 0 Å². The van der Waals surface area contributed by atoms with E-state index in [1.54, 1.807) is 0 Å². The van der Waals surface area contributed by atoms with Gasteiger partial charge in [0.25, 0.3) is 3.93 Å². The summed E-state index contributed by atoms with van der Waals surface area (Å²) in [7, 11) is 0. The fourth-order valence-corrected chi connectivity index (χ4v) is 4.01. The summed E-state index contributed by atoms with van der Waals surface area (Å²) in [5.74, 6) is 1.02. The van der Waals surface area contributed by atoms with Crippen molar-refractivity contribution in [2.24, 2.45) is 0 Å². The molecule has 0 nitrogen and oxygen atoms in total. The second-order valence-corrected chi connectivity index (χ2v) is 26.1. The van der Waals surface area contributed by atoms with E-state index in [-0.39, 0.29) is 0 Å². The maximum absolute atomic E-state index is 4.14. The predicted molar refractivity (Wildman–Crippen MR) is 65.0 cm³/mol. The van der Waals surface area contributed by atoms with Gasteiger partial charge in [-0.15, -0.1) is 0 Å². The first-order chi connectivity index (χ1) is 4.56. The molecule has 0 aromatic carbocycles. The van der Waals surface area contributed by atoms with Crippen LogP contribution in [0.5, 0.6) is 0 Å². The standard InChI is InChI=1S/C5H11Br3SSi/c6-10(7,8)5-3-1-2-4-9/h9H,1-5H2. The molecule has 0 spiro atoms. The van der Waals surface area contributed by atoms with Gasteiger partial charge in [0.15, 0.2) is 0 Å². The van der Waals surface area contributed by atoms with Crippen LogP contribution < -0.4 is 0 Å². The van der Waals surface area contributed by atoms with E-state index in [9.17, 15) is 0 Å². The number of hydrogen-bond acceptors (Lipinski definition) is 1. The van der Waals surface area contributed by atoms with Gasteiger partial charge >= 0.3 is 0 Å². The van der Waals surface area contributed by atoms with Crippen molar-refractivity contribution in [3.05, 3.63) is 0 Å². The lowest BCUT2D eigenvalue weighted by atomic mass is 10.3. The molecule has 0 aromatic rings. The zero-order valence-corrected chi connectivity index (χ0v) is 12.3. The van der Waals surface area contributed by atoms with Crippen LogP contribution in [-0.4, -0.2) is 9.68 Å². The van der Waals surface area contributed by atoms with Crippen molar-refractivity contribution >= 4 is 62.4 Å². The van der Waals surface area contributed by atoms with E-state index in [2.05, 4.69) is 58.5 Å². The van der Waals surface area contributed by atoms with Gasteiger partial charge in [-0.25, -0.2) is 0 Å². The number of unbranched alkanes of at least 4 members (excludes halogenated alkanes) is 2. The monoisotopic (exact) mass is 368 g/mol. The molecule has 0 aliphatic heterocycles. The molecular weight excluding hydrogens is 360 g/mol. The van der Waals surface area contributed by atoms with Crippen LogP contribution in [-0.2, 0) is 0 Å². The van der Waals surface area contributed by atoms with E-state index < -0.39 is 3.93 Å². The average molecular weight is 371 g/mol. The SMILES string of the molecule is SCCCCC[Si](Br)(Br)Br. The molecule has 0 N–H and O–H groups in total. The largest absolute Gasteiger partial charge is 0.267 e. The molecule has 0 atom stereocenters. The molecule has 0 aliphatic rings. The first-order valence-electron chi connectivity index (χ1n) is 3.24. The highest BCUT2D eigenvalue weighted by molar-refractivity contribution is 9.72. The lowest BCUT2D eigenvalue weighted by Crippen LogP contribution is -2.04. The van der Waals surface area contributed by atoms with Gasteiger partial charge in [0.05, 0.1) is 0 Å². The first kappa shape index (κ1) is 12.0. The minimum atomic E-state index is -1.29. The van der Waals surface area contributed by atoms with Crippen LogP contribution in [0.4, 0.5) is 0 Å². The lowest BCUT2D eigenvalue weighted by Gasteiger charge is -2.07. The van der Waals surface area contributed by atoms with Crippen LogP contribution in [0.1, 0.15) is 19.3 Å². The Morgan fingerprint density at radius 3 is 2.00 bits per heavy atom. The second kappa shape index (κ2) is 6.52. The van der Waals surface area contributed by atoms with Crippen molar-refractivity contribution < 1.29 is 0 Å². The number of halogens is 3. The minimum absolute atomic E-state index is 1.02. The molecule has 0 saturated carbocycles. The smallest absolute Gasteiger partial charge is 0.179 e. The average Bonchev–Trinajstić information content (AvgIpc) is 1.78. The van der Waals surface area contributed by atoms with E-state index in [1.165, 1.54) is 25.3 Å². The number of rotatable bonds is 5. The van der Waals surface area contributed by atoms with Crippen LogP contribution in [0.3, 0.4) is 0 Å². The molecule has 62 valence electrons. The molecule has 0 amide bonds. The summed E-state index contributed by atoms with van der Waals surface area (Å²) in [5.41, 5.74) is 0. The highest BCUT2D eigenvalue weighted by Gasteiger charge is 2.20. The van der Waals surface area contributed by atoms with E-state index in [0.717, 1.165) is 5.75 Å². The molecule has 0 unspecified atom stereocenters. The molecule has 0 rings (SSSR count). The van der Waals surface area contributed by atoms with Crippen molar-refractivity contribution in [1.82, 2.24) is 0 Å². The Morgan fingerprint density at radius 1 is 1.00 bits per heavy atom. The fraction of sp³-hybridized carbons (Fsp3) is 1.00. The molecule has 0 aromatic heterocycles. The Morgan fingerprint density at radius 2 is 1.60 bits per heavy atom. The maximum Gasteiger partial charge on any atom is 0.267 e. The summed E-state index contributed by atoms with van der Waals surface area (Å²) in [5, 5.41) is 0. The Balaban J connectivity index is 3.04. The van der Waals surface area contributed by atoms with Crippen LogP contribution in [0.25, 0.3) is 0 Å². The maximum atomic E-state index is 4.14. The molecule has 0 radical (unpaired) electrons. The molecule has 5 heteroatoms. The highest BCUT2D eigenvalue weighted by atomic mass is 80.0. The molecule has 10 heavy (non-hydrogen) atoms. The predicted octanol–water partition coefficient (Wildman–Crippen LogP) is 4.21. The van der Waals surface area contributed by atoms with Crippen LogP contribution >= 0.6 is 58.5 Å². The third kappa shape index (κ3) is 10.0. The normalized spacial score (nSPS) is 12.0. The first-order valence-corrected chi connectivity index (χ1v) is 12.8. The van der Waals surface area contributed by atoms with Crippen LogP contribution in [0.15, 0.2) is 0 Å². The van der Waals surface area contributed by atoms with Gasteiger partial charge in [0.2, 0.25) is 0 Å². The van der Waals surface area contributed by atoms with Crippen LogP contribution in [0, 0.1) is 0 Å². The topological polar surface area (TPSA) is 0 Å². The Labute approximate surface area is 92.7 Å². The van der Waals surface area contributed by atoms with Gasteiger partial charge < -0.3 is 0 Å². The fourth-order valence-electron chi connectivity index (χ4n) is 0.614. The van der Waals surface area contributed by atoms with Crippen molar-refractivity contribution in [2.45, 2.75) is 25.3 Å². The summed E-state index contributed by atoms with van der Waals surface area (Å²) in [6.07, 6.45) is 3.82. The van der Waals surface area contributed by atoms with E-state index in [0.29, 0.717) is 0 Å². The van der Waals surface area contributed by atoms with Crippen molar-refractivity contribution in [3.8, 4) is 0 Å². The summed E-state index contributed by atoms with van der Waals surface area (Å²) in [6.45, 7) is 0. The zero-order valence-electron chi connectivity index (χ0n) is 5.62. The van der Waals surface area contributed by atoms with Crippen molar-refractivity contribution in [2.75, 3.05) is 5.75 Å². The Bertz CT molecular complexity index is 83.5. The Kier molecular flexibility index (Phi) is 7.82. The molecular formula is C5H11Br3SSi. The van der Waals surface area contributed by atoms with Crippen molar-refractivity contribution in [3.63, 3.8) is 0 Å². The molecule has 0 heterocycles. The third-order valence-electron chi connectivity index (χ3n) is 1.12. The van der Waals surface area contributed by atoms with Gasteiger partial charge in [-0.05, 0) is 18.2 Å². The minimum Gasteiger partial charge on any atom is -0.179 e. The quantitative estimate of drug-likeness (QED) is 0.318. The summed E-state index contributed by atoms with van der Waals surface area (Å²) in [6, 6.07) is 1.24.